The van der Waals surface area contributed by atoms with E-state index in [0.717, 1.165) is 4.88 Å². The second-order valence-electron chi connectivity index (χ2n) is 3.84. The van der Waals surface area contributed by atoms with Crippen molar-refractivity contribution in [3.05, 3.63) is 16.6 Å². The smallest absolute Gasteiger partial charge is 0.305 e. The van der Waals surface area contributed by atoms with Gasteiger partial charge in [-0.05, 0) is 0 Å². The molecule has 0 spiro atoms. The van der Waals surface area contributed by atoms with Gasteiger partial charge in [0.05, 0.1) is 11.9 Å². The molecule has 1 unspecified atom stereocenters. The molecular weight excluding hydrogens is 242 g/mol. The number of piperazine rings is 1. The third kappa shape index (κ3) is 3.01. The Morgan fingerprint density at radius 3 is 3.18 bits per heavy atom. The number of aromatic nitrogens is 1. The fourth-order valence-electron chi connectivity index (χ4n) is 1.86. The molecule has 1 aromatic heterocycles. The van der Waals surface area contributed by atoms with E-state index in [1.807, 2.05) is 4.90 Å². The van der Waals surface area contributed by atoms with Crippen molar-refractivity contribution in [3.8, 4) is 0 Å². The first-order valence-corrected chi connectivity index (χ1v) is 6.15. The van der Waals surface area contributed by atoms with Crippen LogP contribution in [0.15, 0.2) is 11.7 Å². The molecule has 2 heterocycles. The van der Waals surface area contributed by atoms with Crippen molar-refractivity contribution in [2.24, 2.45) is 0 Å². The fourth-order valence-corrected chi connectivity index (χ4v) is 2.48. The van der Waals surface area contributed by atoms with Gasteiger partial charge in [-0.3, -0.25) is 19.5 Å². The lowest BCUT2D eigenvalue weighted by molar-refractivity contribution is -0.143. The molecule has 6 nitrogen and oxygen atoms in total. The molecule has 1 aliphatic heterocycles. The number of carboxylic acid groups (broad SMARTS) is 1. The van der Waals surface area contributed by atoms with Gasteiger partial charge in [-0.15, -0.1) is 11.3 Å². The Labute approximate surface area is 102 Å². The minimum absolute atomic E-state index is 0.162. The molecule has 1 aromatic rings. The van der Waals surface area contributed by atoms with E-state index in [1.54, 1.807) is 11.7 Å². The SMILES string of the molecule is O=C(O)CC1C(=O)NCCN1Cc1cncs1. The topological polar surface area (TPSA) is 82.5 Å². The summed E-state index contributed by atoms with van der Waals surface area (Å²) in [6.45, 7) is 1.81. The first-order valence-electron chi connectivity index (χ1n) is 5.27. The van der Waals surface area contributed by atoms with Crippen LogP contribution in [0.1, 0.15) is 11.3 Å². The highest BCUT2D eigenvalue weighted by Crippen LogP contribution is 2.15. The molecule has 0 saturated carbocycles. The number of nitrogens with zero attached hydrogens (tertiary/aromatic N) is 2. The lowest BCUT2D eigenvalue weighted by atomic mass is 10.1. The quantitative estimate of drug-likeness (QED) is 0.786. The van der Waals surface area contributed by atoms with E-state index < -0.39 is 12.0 Å². The third-order valence-electron chi connectivity index (χ3n) is 2.65. The molecule has 1 saturated heterocycles. The zero-order chi connectivity index (χ0) is 12.3. The second kappa shape index (κ2) is 5.24. The zero-order valence-electron chi connectivity index (χ0n) is 9.13. The molecule has 1 aliphatic rings. The van der Waals surface area contributed by atoms with Gasteiger partial charge in [0.1, 0.15) is 6.04 Å². The van der Waals surface area contributed by atoms with Crippen LogP contribution in [0.4, 0.5) is 0 Å². The highest BCUT2D eigenvalue weighted by Gasteiger charge is 2.31. The molecule has 2 N–H and O–H groups in total. The Bertz CT molecular complexity index is 407. The predicted molar refractivity (Wildman–Crippen MR) is 61.6 cm³/mol. The first kappa shape index (κ1) is 12.0. The molecule has 1 fully saturated rings. The fraction of sp³-hybridized carbons (Fsp3) is 0.500. The molecule has 1 amide bonds. The summed E-state index contributed by atoms with van der Waals surface area (Å²) in [5, 5.41) is 11.5. The van der Waals surface area contributed by atoms with Gasteiger partial charge in [0, 0.05) is 30.7 Å². The zero-order valence-corrected chi connectivity index (χ0v) is 9.94. The van der Waals surface area contributed by atoms with Crippen LogP contribution in [-0.4, -0.2) is 46.0 Å². The molecule has 1 atom stereocenters. The van der Waals surface area contributed by atoms with E-state index in [4.69, 9.17) is 5.11 Å². The normalized spacial score (nSPS) is 21.2. The van der Waals surface area contributed by atoms with Gasteiger partial charge >= 0.3 is 5.97 Å². The highest BCUT2D eigenvalue weighted by molar-refractivity contribution is 7.09. The summed E-state index contributed by atoms with van der Waals surface area (Å²) in [6, 6.07) is -0.580. The van der Waals surface area contributed by atoms with E-state index in [-0.39, 0.29) is 12.3 Å². The maximum atomic E-state index is 11.6. The number of thiazole rings is 1. The van der Waals surface area contributed by atoms with Gasteiger partial charge in [0.25, 0.3) is 0 Å². The largest absolute Gasteiger partial charge is 0.481 e. The van der Waals surface area contributed by atoms with E-state index in [0.29, 0.717) is 19.6 Å². The number of aliphatic carboxylic acids is 1. The minimum Gasteiger partial charge on any atom is -0.481 e. The van der Waals surface area contributed by atoms with Crippen LogP contribution in [0.5, 0.6) is 0 Å². The summed E-state index contributed by atoms with van der Waals surface area (Å²) < 4.78 is 0. The molecule has 0 aromatic carbocycles. The molecule has 2 rings (SSSR count). The first-order chi connectivity index (χ1) is 8.16. The van der Waals surface area contributed by atoms with Crippen molar-refractivity contribution >= 4 is 23.2 Å². The number of carboxylic acids is 1. The predicted octanol–water partition coefficient (Wildman–Crippen LogP) is -0.0818. The van der Waals surface area contributed by atoms with Gasteiger partial charge in [-0.25, -0.2) is 0 Å². The van der Waals surface area contributed by atoms with Crippen molar-refractivity contribution in [2.45, 2.75) is 19.0 Å². The van der Waals surface area contributed by atoms with Crippen molar-refractivity contribution < 1.29 is 14.7 Å². The highest BCUT2D eigenvalue weighted by atomic mass is 32.1. The van der Waals surface area contributed by atoms with Gasteiger partial charge in [0.15, 0.2) is 0 Å². The molecule has 7 heteroatoms. The van der Waals surface area contributed by atoms with Crippen molar-refractivity contribution in [3.63, 3.8) is 0 Å². The third-order valence-corrected chi connectivity index (χ3v) is 3.42. The number of amides is 1. The Balaban J connectivity index is 2.06. The second-order valence-corrected chi connectivity index (χ2v) is 4.81. The average molecular weight is 255 g/mol. The standard InChI is InChI=1S/C10H13N3O3S/c14-9(15)3-8-10(16)12-1-2-13(8)5-7-4-11-6-17-7/h4,6,8H,1-3,5H2,(H,12,16)(H,14,15). The summed E-state index contributed by atoms with van der Waals surface area (Å²) in [4.78, 5) is 29.3. The Hall–Kier alpha value is -1.47. The molecule has 17 heavy (non-hydrogen) atoms. The van der Waals surface area contributed by atoms with Crippen LogP contribution >= 0.6 is 11.3 Å². The van der Waals surface area contributed by atoms with E-state index in [2.05, 4.69) is 10.3 Å². The number of hydrogen-bond donors (Lipinski definition) is 2. The van der Waals surface area contributed by atoms with Gasteiger partial charge in [0.2, 0.25) is 5.91 Å². The van der Waals surface area contributed by atoms with Crippen LogP contribution in [-0.2, 0) is 16.1 Å². The Kier molecular flexibility index (Phi) is 3.70. The van der Waals surface area contributed by atoms with Crippen LogP contribution in [0.25, 0.3) is 0 Å². The van der Waals surface area contributed by atoms with Crippen LogP contribution in [0.2, 0.25) is 0 Å². The van der Waals surface area contributed by atoms with Gasteiger partial charge in [-0.2, -0.15) is 0 Å². The molecule has 92 valence electrons. The van der Waals surface area contributed by atoms with Gasteiger partial charge in [-0.1, -0.05) is 0 Å². The summed E-state index contributed by atoms with van der Waals surface area (Å²) in [5.74, 6) is -1.16. The summed E-state index contributed by atoms with van der Waals surface area (Å²) in [7, 11) is 0. The van der Waals surface area contributed by atoms with Crippen molar-refractivity contribution in [1.82, 2.24) is 15.2 Å². The lowest BCUT2D eigenvalue weighted by Crippen LogP contribution is -2.55. The number of rotatable bonds is 4. The van der Waals surface area contributed by atoms with Crippen LogP contribution < -0.4 is 5.32 Å². The number of carbonyl (C=O) groups is 2. The average Bonchev–Trinajstić information content (AvgIpc) is 2.75. The van der Waals surface area contributed by atoms with Gasteiger partial charge < -0.3 is 10.4 Å². The maximum Gasteiger partial charge on any atom is 0.305 e. The summed E-state index contributed by atoms with van der Waals surface area (Å²) >= 11 is 1.51. The van der Waals surface area contributed by atoms with E-state index in [1.165, 1.54) is 11.3 Å². The van der Waals surface area contributed by atoms with E-state index in [9.17, 15) is 9.59 Å². The summed E-state index contributed by atoms with van der Waals surface area (Å²) in [6.07, 6.45) is 1.58. The minimum atomic E-state index is -0.957. The lowest BCUT2D eigenvalue weighted by Gasteiger charge is -2.33. The Morgan fingerprint density at radius 2 is 2.53 bits per heavy atom. The number of nitrogens with one attached hydrogen (secondary N) is 1. The van der Waals surface area contributed by atoms with E-state index >= 15 is 0 Å². The monoisotopic (exact) mass is 255 g/mol. The van der Waals surface area contributed by atoms with Crippen molar-refractivity contribution in [1.29, 1.82) is 0 Å². The van der Waals surface area contributed by atoms with Crippen LogP contribution in [0.3, 0.4) is 0 Å². The molecule has 0 bridgehead atoms. The maximum absolute atomic E-state index is 11.6. The number of carbonyl (C=O) groups excluding carboxylic acids is 1. The van der Waals surface area contributed by atoms with Crippen LogP contribution in [0, 0.1) is 0 Å². The van der Waals surface area contributed by atoms with Crippen molar-refractivity contribution in [2.75, 3.05) is 13.1 Å². The molecular formula is C10H13N3O3S. The number of hydrogen-bond acceptors (Lipinski definition) is 5. The Morgan fingerprint density at radius 1 is 1.71 bits per heavy atom. The molecule has 0 radical (unpaired) electrons. The molecule has 0 aliphatic carbocycles. The summed E-state index contributed by atoms with van der Waals surface area (Å²) in [5.41, 5.74) is 1.73.